The topological polar surface area (TPSA) is 62.3 Å². The largest absolute Gasteiger partial charge is 0.339 e. The SMILES string of the molecule is Cc1cncc(N2CC(=O)NC(c3ccccc3)C2=O)c1. The molecule has 1 aromatic heterocycles. The summed E-state index contributed by atoms with van der Waals surface area (Å²) in [6, 6.07) is 10.4. The molecule has 1 aliphatic heterocycles. The zero-order valence-corrected chi connectivity index (χ0v) is 11.6. The van der Waals surface area contributed by atoms with E-state index in [4.69, 9.17) is 0 Å². The number of piperazine rings is 1. The Bertz CT molecular complexity index is 685. The quantitative estimate of drug-likeness (QED) is 0.909. The monoisotopic (exact) mass is 281 g/mol. The molecular weight excluding hydrogens is 266 g/mol. The third-order valence-corrected chi connectivity index (χ3v) is 3.43. The lowest BCUT2D eigenvalue weighted by Crippen LogP contribution is -2.53. The molecule has 1 N–H and O–H groups in total. The van der Waals surface area contributed by atoms with Gasteiger partial charge < -0.3 is 5.32 Å². The van der Waals surface area contributed by atoms with Crippen LogP contribution in [0.5, 0.6) is 0 Å². The highest BCUT2D eigenvalue weighted by atomic mass is 16.2. The summed E-state index contributed by atoms with van der Waals surface area (Å²) in [7, 11) is 0. The number of pyridine rings is 1. The second kappa shape index (κ2) is 5.36. The van der Waals surface area contributed by atoms with E-state index < -0.39 is 6.04 Å². The zero-order valence-electron chi connectivity index (χ0n) is 11.6. The van der Waals surface area contributed by atoms with Crippen LogP contribution in [0.2, 0.25) is 0 Å². The Labute approximate surface area is 122 Å². The lowest BCUT2D eigenvalue weighted by molar-refractivity contribution is -0.131. The minimum atomic E-state index is -0.645. The fourth-order valence-electron chi connectivity index (χ4n) is 2.42. The van der Waals surface area contributed by atoms with Crippen molar-refractivity contribution in [3.05, 3.63) is 59.9 Å². The number of amides is 2. The smallest absolute Gasteiger partial charge is 0.254 e. The lowest BCUT2D eigenvalue weighted by Gasteiger charge is -2.32. The summed E-state index contributed by atoms with van der Waals surface area (Å²) < 4.78 is 0. The first-order valence-electron chi connectivity index (χ1n) is 6.72. The highest BCUT2D eigenvalue weighted by Crippen LogP contribution is 2.24. The van der Waals surface area contributed by atoms with Crippen LogP contribution in [0.15, 0.2) is 48.8 Å². The van der Waals surface area contributed by atoms with Crippen molar-refractivity contribution in [2.75, 3.05) is 11.4 Å². The third kappa shape index (κ3) is 2.63. The highest BCUT2D eigenvalue weighted by Gasteiger charge is 2.34. The normalized spacial score (nSPS) is 18.5. The molecule has 2 heterocycles. The second-order valence-corrected chi connectivity index (χ2v) is 5.06. The fourth-order valence-corrected chi connectivity index (χ4v) is 2.42. The van der Waals surface area contributed by atoms with Gasteiger partial charge in [-0.3, -0.25) is 19.5 Å². The maximum Gasteiger partial charge on any atom is 0.254 e. The van der Waals surface area contributed by atoms with Crippen LogP contribution in [0.25, 0.3) is 0 Å². The Morgan fingerprint density at radius 2 is 1.95 bits per heavy atom. The molecule has 1 atom stereocenters. The summed E-state index contributed by atoms with van der Waals surface area (Å²) in [6.07, 6.45) is 3.32. The van der Waals surface area contributed by atoms with Gasteiger partial charge in [0.1, 0.15) is 12.6 Å². The van der Waals surface area contributed by atoms with E-state index in [1.54, 1.807) is 12.4 Å². The maximum absolute atomic E-state index is 12.7. The van der Waals surface area contributed by atoms with Crippen molar-refractivity contribution in [2.24, 2.45) is 0 Å². The number of aryl methyl sites for hydroxylation is 1. The molecule has 3 rings (SSSR count). The van der Waals surface area contributed by atoms with E-state index >= 15 is 0 Å². The average molecular weight is 281 g/mol. The van der Waals surface area contributed by atoms with Gasteiger partial charge in [-0.25, -0.2) is 0 Å². The minimum Gasteiger partial charge on any atom is -0.339 e. The number of benzene rings is 1. The predicted molar refractivity (Wildman–Crippen MR) is 78.7 cm³/mol. The van der Waals surface area contributed by atoms with E-state index in [1.807, 2.05) is 43.3 Å². The van der Waals surface area contributed by atoms with Crippen LogP contribution < -0.4 is 10.2 Å². The molecule has 1 unspecified atom stereocenters. The molecule has 5 nitrogen and oxygen atoms in total. The summed E-state index contributed by atoms with van der Waals surface area (Å²) in [4.78, 5) is 30.2. The fraction of sp³-hybridized carbons (Fsp3) is 0.188. The van der Waals surface area contributed by atoms with Crippen molar-refractivity contribution in [3.8, 4) is 0 Å². The number of carbonyl (C=O) groups excluding carboxylic acids is 2. The molecule has 1 aromatic carbocycles. The summed E-state index contributed by atoms with van der Waals surface area (Å²) in [6.45, 7) is 1.92. The Balaban J connectivity index is 1.96. The van der Waals surface area contributed by atoms with Gasteiger partial charge in [0.05, 0.1) is 11.9 Å². The number of anilines is 1. The molecule has 0 bridgehead atoms. The van der Waals surface area contributed by atoms with Crippen LogP contribution in [-0.4, -0.2) is 23.3 Å². The van der Waals surface area contributed by atoms with E-state index in [9.17, 15) is 9.59 Å². The molecule has 1 fully saturated rings. The molecule has 1 aliphatic rings. The van der Waals surface area contributed by atoms with Gasteiger partial charge >= 0.3 is 0 Å². The average Bonchev–Trinajstić information content (AvgIpc) is 2.50. The van der Waals surface area contributed by atoms with Crippen molar-refractivity contribution in [1.29, 1.82) is 0 Å². The van der Waals surface area contributed by atoms with E-state index in [0.717, 1.165) is 11.1 Å². The standard InChI is InChI=1S/C16H15N3O2/c1-11-7-13(9-17-8-11)19-10-14(20)18-15(16(19)21)12-5-3-2-4-6-12/h2-9,15H,10H2,1H3,(H,18,20). The van der Waals surface area contributed by atoms with Crippen LogP contribution >= 0.6 is 0 Å². The Kier molecular flexibility index (Phi) is 3.39. The summed E-state index contributed by atoms with van der Waals surface area (Å²) in [5, 5.41) is 2.75. The first-order valence-corrected chi connectivity index (χ1v) is 6.72. The van der Waals surface area contributed by atoms with Gasteiger partial charge in [-0.1, -0.05) is 30.3 Å². The van der Waals surface area contributed by atoms with E-state index in [-0.39, 0.29) is 18.4 Å². The molecular formula is C16H15N3O2. The van der Waals surface area contributed by atoms with Gasteiger partial charge in [-0.15, -0.1) is 0 Å². The maximum atomic E-state index is 12.7. The number of nitrogens with zero attached hydrogens (tertiary/aromatic N) is 2. The third-order valence-electron chi connectivity index (χ3n) is 3.43. The number of carbonyl (C=O) groups is 2. The van der Waals surface area contributed by atoms with Crippen LogP contribution in [0.3, 0.4) is 0 Å². The predicted octanol–water partition coefficient (Wildman–Crippen LogP) is 1.59. The lowest BCUT2D eigenvalue weighted by atomic mass is 10.0. The zero-order chi connectivity index (χ0) is 14.8. The van der Waals surface area contributed by atoms with Gasteiger partial charge in [0, 0.05) is 6.20 Å². The van der Waals surface area contributed by atoms with Crippen LogP contribution in [-0.2, 0) is 9.59 Å². The van der Waals surface area contributed by atoms with Crippen molar-refractivity contribution >= 4 is 17.5 Å². The van der Waals surface area contributed by atoms with Gasteiger partial charge in [-0.2, -0.15) is 0 Å². The molecule has 106 valence electrons. The van der Waals surface area contributed by atoms with Gasteiger partial charge in [-0.05, 0) is 24.1 Å². The van der Waals surface area contributed by atoms with Crippen LogP contribution in [0.4, 0.5) is 5.69 Å². The van der Waals surface area contributed by atoms with Crippen molar-refractivity contribution in [2.45, 2.75) is 13.0 Å². The summed E-state index contributed by atoms with van der Waals surface area (Å²) >= 11 is 0. The van der Waals surface area contributed by atoms with E-state index in [2.05, 4.69) is 10.3 Å². The number of nitrogens with one attached hydrogen (secondary N) is 1. The van der Waals surface area contributed by atoms with Crippen LogP contribution in [0, 0.1) is 6.92 Å². The molecule has 0 radical (unpaired) electrons. The molecule has 0 aliphatic carbocycles. The van der Waals surface area contributed by atoms with Gasteiger partial charge in [0.15, 0.2) is 0 Å². The van der Waals surface area contributed by atoms with Crippen molar-refractivity contribution in [1.82, 2.24) is 10.3 Å². The Morgan fingerprint density at radius 1 is 1.19 bits per heavy atom. The van der Waals surface area contributed by atoms with Gasteiger partial charge in [0.2, 0.25) is 5.91 Å². The first-order chi connectivity index (χ1) is 10.1. The van der Waals surface area contributed by atoms with Crippen LogP contribution in [0.1, 0.15) is 17.2 Å². The van der Waals surface area contributed by atoms with E-state index in [0.29, 0.717) is 5.69 Å². The second-order valence-electron chi connectivity index (χ2n) is 5.06. The number of rotatable bonds is 2. The number of hydrogen-bond acceptors (Lipinski definition) is 3. The summed E-state index contributed by atoms with van der Waals surface area (Å²) in [5.41, 5.74) is 2.37. The minimum absolute atomic E-state index is 0.0211. The molecule has 21 heavy (non-hydrogen) atoms. The first kappa shape index (κ1) is 13.3. The molecule has 2 aromatic rings. The Hall–Kier alpha value is -2.69. The van der Waals surface area contributed by atoms with E-state index in [1.165, 1.54) is 4.90 Å². The molecule has 2 amide bonds. The molecule has 0 saturated carbocycles. The molecule has 0 spiro atoms. The van der Waals surface area contributed by atoms with Gasteiger partial charge in [0.25, 0.3) is 5.91 Å². The van der Waals surface area contributed by atoms with Crippen molar-refractivity contribution in [3.63, 3.8) is 0 Å². The van der Waals surface area contributed by atoms with Crippen molar-refractivity contribution < 1.29 is 9.59 Å². The molecule has 5 heteroatoms. The number of hydrogen-bond donors (Lipinski definition) is 1. The highest BCUT2D eigenvalue weighted by molar-refractivity contribution is 6.06. The molecule has 1 saturated heterocycles. The Morgan fingerprint density at radius 3 is 2.67 bits per heavy atom. The summed E-state index contributed by atoms with van der Waals surface area (Å²) in [5.74, 6) is -0.321. The number of aromatic nitrogens is 1.